The molecule has 2 aromatic rings. The Hall–Kier alpha value is -3.41. The van der Waals surface area contributed by atoms with Crippen molar-refractivity contribution in [2.75, 3.05) is 4.90 Å². The zero-order valence-electron chi connectivity index (χ0n) is 18.3. The standard InChI is InChI=1S/C26H27N3O3/c1-17-13-22(28-15-19-7-5-6-8-20(19)16-28)12-11-18(17)14-23-24(30)27-26(32)29(25(23)31)21-9-3-2-4-10-21/h5-8,11-14,21H,2-4,9-10,15-16H2,1H3,(H,27,30,32)/b23-14-. The quantitative estimate of drug-likeness (QED) is 0.583. The lowest BCUT2D eigenvalue weighted by atomic mass is 9.93. The first-order valence-corrected chi connectivity index (χ1v) is 11.3. The fraction of sp³-hybridized carbons (Fsp3) is 0.346. The molecule has 1 saturated carbocycles. The molecule has 5 rings (SSSR count). The first-order valence-electron chi connectivity index (χ1n) is 11.3. The number of amides is 4. The van der Waals surface area contributed by atoms with Crippen molar-refractivity contribution in [3.8, 4) is 0 Å². The summed E-state index contributed by atoms with van der Waals surface area (Å²) < 4.78 is 0. The van der Waals surface area contributed by atoms with Crippen molar-refractivity contribution in [2.24, 2.45) is 0 Å². The van der Waals surface area contributed by atoms with Crippen molar-refractivity contribution >= 4 is 29.6 Å². The summed E-state index contributed by atoms with van der Waals surface area (Å²) in [7, 11) is 0. The summed E-state index contributed by atoms with van der Waals surface area (Å²) in [5, 5.41) is 2.36. The second-order valence-corrected chi connectivity index (χ2v) is 8.95. The van der Waals surface area contributed by atoms with Crippen LogP contribution < -0.4 is 10.2 Å². The van der Waals surface area contributed by atoms with Gasteiger partial charge in [0.25, 0.3) is 11.8 Å². The van der Waals surface area contributed by atoms with E-state index >= 15 is 0 Å². The van der Waals surface area contributed by atoms with E-state index in [1.54, 1.807) is 6.08 Å². The molecule has 0 spiro atoms. The molecule has 3 aliphatic rings. The molecule has 6 heteroatoms. The van der Waals surface area contributed by atoms with Gasteiger partial charge in [0.2, 0.25) is 0 Å². The summed E-state index contributed by atoms with van der Waals surface area (Å²) in [5.74, 6) is -1.10. The Morgan fingerprint density at radius 2 is 1.62 bits per heavy atom. The SMILES string of the molecule is Cc1cc(N2Cc3ccccc3C2)ccc1/C=C1/C(=O)NC(=O)N(C2CCCCC2)C1=O. The number of carbonyl (C=O) groups excluding carboxylic acids is 3. The lowest BCUT2D eigenvalue weighted by molar-refractivity contribution is -0.132. The van der Waals surface area contributed by atoms with Crippen LogP contribution in [0.3, 0.4) is 0 Å². The number of anilines is 1. The highest BCUT2D eigenvalue weighted by molar-refractivity contribution is 6.31. The third-order valence-electron chi connectivity index (χ3n) is 6.83. The van der Waals surface area contributed by atoms with Crippen LogP contribution in [0.15, 0.2) is 48.0 Å². The molecule has 2 aromatic carbocycles. The number of nitrogens with zero attached hydrogens (tertiary/aromatic N) is 2. The van der Waals surface area contributed by atoms with E-state index in [-0.39, 0.29) is 11.6 Å². The average molecular weight is 430 g/mol. The van der Waals surface area contributed by atoms with Crippen LogP contribution >= 0.6 is 0 Å². The van der Waals surface area contributed by atoms with Crippen molar-refractivity contribution in [1.82, 2.24) is 10.2 Å². The summed E-state index contributed by atoms with van der Waals surface area (Å²) in [5.41, 5.74) is 5.61. The van der Waals surface area contributed by atoms with E-state index in [9.17, 15) is 14.4 Å². The summed E-state index contributed by atoms with van der Waals surface area (Å²) >= 11 is 0. The fourth-order valence-corrected chi connectivity index (χ4v) is 5.03. The molecule has 2 fully saturated rings. The average Bonchev–Trinajstić information content (AvgIpc) is 3.22. The van der Waals surface area contributed by atoms with Gasteiger partial charge < -0.3 is 4.90 Å². The lowest BCUT2D eigenvalue weighted by Gasteiger charge is -2.35. The summed E-state index contributed by atoms with van der Waals surface area (Å²) in [4.78, 5) is 41.6. The molecule has 2 aliphatic heterocycles. The Morgan fingerprint density at radius 1 is 0.938 bits per heavy atom. The highest BCUT2D eigenvalue weighted by Gasteiger charge is 2.40. The Bertz CT molecular complexity index is 1110. The minimum Gasteiger partial charge on any atom is -0.363 e. The van der Waals surface area contributed by atoms with E-state index in [4.69, 9.17) is 0 Å². The Balaban J connectivity index is 1.39. The van der Waals surface area contributed by atoms with E-state index < -0.39 is 17.8 Å². The fourth-order valence-electron chi connectivity index (χ4n) is 5.03. The topological polar surface area (TPSA) is 69.7 Å². The largest absolute Gasteiger partial charge is 0.363 e. The predicted molar refractivity (Wildman–Crippen MR) is 123 cm³/mol. The van der Waals surface area contributed by atoms with Gasteiger partial charge in [-0.25, -0.2) is 4.79 Å². The number of urea groups is 1. The second-order valence-electron chi connectivity index (χ2n) is 8.95. The molecule has 0 atom stereocenters. The van der Waals surface area contributed by atoms with Crippen molar-refractivity contribution in [3.63, 3.8) is 0 Å². The number of hydrogen-bond acceptors (Lipinski definition) is 4. The maximum atomic E-state index is 13.1. The van der Waals surface area contributed by atoms with Crippen LogP contribution in [0.4, 0.5) is 10.5 Å². The minimum absolute atomic E-state index is 0.0274. The van der Waals surface area contributed by atoms with Gasteiger partial charge in [-0.15, -0.1) is 0 Å². The van der Waals surface area contributed by atoms with Gasteiger partial charge in [0.05, 0.1) is 0 Å². The second kappa shape index (κ2) is 8.26. The molecule has 2 heterocycles. The van der Waals surface area contributed by atoms with Gasteiger partial charge in [-0.05, 0) is 60.2 Å². The van der Waals surface area contributed by atoms with Gasteiger partial charge in [0, 0.05) is 24.8 Å². The van der Waals surface area contributed by atoms with Crippen LogP contribution in [0.25, 0.3) is 6.08 Å². The molecular weight excluding hydrogens is 402 g/mol. The Kier molecular flexibility index (Phi) is 5.29. The molecule has 0 aromatic heterocycles. The van der Waals surface area contributed by atoms with Crippen LogP contribution in [0, 0.1) is 6.92 Å². The monoisotopic (exact) mass is 429 g/mol. The van der Waals surface area contributed by atoms with Crippen molar-refractivity contribution in [3.05, 3.63) is 70.3 Å². The highest BCUT2D eigenvalue weighted by Crippen LogP contribution is 2.31. The normalized spacial score (nSPS) is 20.7. The van der Waals surface area contributed by atoms with Gasteiger partial charge in [-0.3, -0.25) is 19.8 Å². The van der Waals surface area contributed by atoms with E-state index in [1.807, 2.05) is 19.1 Å². The number of imide groups is 2. The highest BCUT2D eigenvalue weighted by atomic mass is 16.2. The van der Waals surface area contributed by atoms with Gasteiger partial charge in [0.15, 0.2) is 0 Å². The molecule has 1 N–H and O–H groups in total. The van der Waals surface area contributed by atoms with Crippen LogP contribution in [-0.4, -0.2) is 28.8 Å². The summed E-state index contributed by atoms with van der Waals surface area (Å²) in [6.07, 6.45) is 6.33. The smallest absolute Gasteiger partial charge is 0.331 e. The number of fused-ring (bicyclic) bond motifs is 1. The Morgan fingerprint density at radius 3 is 2.28 bits per heavy atom. The van der Waals surface area contributed by atoms with E-state index in [1.165, 1.54) is 16.0 Å². The minimum atomic E-state index is -0.620. The van der Waals surface area contributed by atoms with Crippen molar-refractivity contribution in [2.45, 2.75) is 58.2 Å². The molecule has 1 saturated heterocycles. The molecule has 0 unspecified atom stereocenters. The summed E-state index contributed by atoms with van der Waals surface area (Å²) in [6, 6.07) is 13.8. The predicted octanol–water partition coefficient (Wildman–Crippen LogP) is 4.31. The maximum absolute atomic E-state index is 13.1. The van der Waals surface area contributed by atoms with Crippen LogP contribution in [0.2, 0.25) is 0 Å². The number of hydrogen-bond donors (Lipinski definition) is 1. The van der Waals surface area contributed by atoms with Gasteiger partial charge >= 0.3 is 6.03 Å². The Labute approximate surface area is 187 Å². The van der Waals surface area contributed by atoms with Crippen molar-refractivity contribution in [1.29, 1.82) is 0 Å². The number of carbonyl (C=O) groups is 3. The lowest BCUT2D eigenvalue weighted by Crippen LogP contribution is -2.58. The van der Waals surface area contributed by atoms with Gasteiger partial charge in [-0.2, -0.15) is 0 Å². The number of rotatable bonds is 3. The molecule has 1 aliphatic carbocycles. The number of aryl methyl sites for hydroxylation is 1. The molecule has 4 amide bonds. The zero-order chi connectivity index (χ0) is 22.2. The van der Waals surface area contributed by atoms with Gasteiger partial charge in [0.1, 0.15) is 5.57 Å². The first-order chi connectivity index (χ1) is 15.5. The third kappa shape index (κ3) is 3.70. The van der Waals surface area contributed by atoms with E-state index in [0.717, 1.165) is 62.0 Å². The van der Waals surface area contributed by atoms with Crippen LogP contribution in [-0.2, 0) is 22.7 Å². The number of nitrogens with one attached hydrogen (secondary N) is 1. The maximum Gasteiger partial charge on any atom is 0.331 e. The third-order valence-corrected chi connectivity index (χ3v) is 6.83. The number of benzene rings is 2. The molecule has 0 bridgehead atoms. The van der Waals surface area contributed by atoms with E-state index in [2.05, 4.69) is 40.5 Å². The van der Waals surface area contributed by atoms with Gasteiger partial charge in [-0.1, -0.05) is 49.6 Å². The molecule has 32 heavy (non-hydrogen) atoms. The van der Waals surface area contributed by atoms with Crippen molar-refractivity contribution < 1.29 is 14.4 Å². The van der Waals surface area contributed by atoms with Crippen LogP contribution in [0.1, 0.15) is 54.4 Å². The van der Waals surface area contributed by atoms with E-state index in [0.29, 0.717) is 0 Å². The molecule has 6 nitrogen and oxygen atoms in total. The zero-order valence-corrected chi connectivity index (χ0v) is 18.3. The number of barbiturate groups is 1. The van der Waals surface area contributed by atoms with Crippen LogP contribution in [0.5, 0.6) is 0 Å². The molecule has 164 valence electrons. The molecule has 0 radical (unpaired) electrons. The molecular formula is C26H27N3O3. The summed E-state index contributed by atoms with van der Waals surface area (Å²) in [6.45, 7) is 3.72. The first kappa shape index (κ1) is 20.5.